The third kappa shape index (κ3) is 3.89. The Hall–Kier alpha value is -4.21. The maximum absolute atomic E-state index is 13.3. The van der Waals surface area contributed by atoms with Crippen LogP contribution in [0.15, 0.2) is 63.2 Å². The zero-order chi connectivity index (χ0) is 22.8. The van der Waals surface area contributed by atoms with Crippen molar-refractivity contribution in [3.05, 3.63) is 86.3 Å². The molecule has 2 heterocycles. The summed E-state index contributed by atoms with van der Waals surface area (Å²) in [6.45, 7) is 0.227. The number of fused-ring (bicyclic) bond motifs is 1. The van der Waals surface area contributed by atoms with Crippen molar-refractivity contribution in [2.24, 2.45) is 19.2 Å². The first kappa shape index (κ1) is 21.0. The molecule has 10 heteroatoms. The van der Waals surface area contributed by atoms with E-state index in [0.29, 0.717) is 0 Å². The SMILES string of the molecule is COc1ccc(C=NNc2nc3c(c(=O)n(C)c(=O)n3C)n2Cc2ccc(F)cc2)cc1. The number of nitrogens with zero attached hydrogens (tertiary/aromatic N) is 5. The molecule has 1 N–H and O–H groups in total. The van der Waals surface area contributed by atoms with Crippen molar-refractivity contribution in [3.8, 4) is 5.75 Å². The van der Waals surface area contributed by atoms with E-state index in [1.165, 1.54) is 23.7 Å². The number of benzene rings is 2. The first-order valence-corrected chi connectivity index (χ1v) is 9.73. The fourth-order valence-electron chi connectivity index (χ4n) is 3.31. The second-order valence-corrected chi connectivity index (χ2v) is 7.17. The van der Waals surface area contributed by atoms with Gasteiger partial charge in [0.1, 0.15) is 11.6 Å². The zero-order valence-electron chi connectivity index (χ0n) is 17.7. The molecule has 4 rings (SSSR count). The Labute approximate surface area is 182 Å². The number of nitrogens with one attached hydrogen (secondary N) is 1. The Balaban J connectivity index is 1.77. The summed E-state index contributed by atoms with van der Waals surface area (Å²) in [7, 11) is 4.55. The highest BCUT2D eigenvalue weighted by molar-refractivity contribution is 5.80. The van der Waals surface area contributed by atoms with Gasteiger partial charge in [0.2, 0.25) is 5.95 Å². The molecule has 0 radical (unpaired) electrons. The first-order chi connectivity index (χ1) is 15.4. The van der Waals surface area contributed by atoms with E-state index in [9.17, 15) is 14.0 Å². The van der Waals surface area contributed by atoms with Gasteiger partial charge in [-0.05, 0) is 47.5 Å². The van der Waals surface area contributed by atoms with Crippen LogP contribution in [0.3, 0.4) is 0 Å². The molecule has 0 saturated heterocycles. The molecule has 164 valence electrons. The van der Waals surface area contributed by atoms with E-state index >= 15 is 0 Å². The van der Waals surface area contributed by atoms with Gasteiger partial charge in [0, 0.05) is 14.1 Å². The largest absolute Gasteiger partial charge is 0.497 e. The van der Waals surface area contributed by atoms with Gasteiger partial charge in [0.25, 0.3) is 5.56 Å². The van der Waals surface area contributed by atoms with E-state index in [2.05, 4.69) is 15.5 Å². The van der Waals surface area contributed by atoms with Crippen LogP contribution in [0.25, 0.3) is 11.2 Å². The third-order valence-corrected chi connectivity index (χ3v) is 5.10. The molecule has 0 atom stereocenters. The maximum Gasteiger partial charge on any atom is 0.332 e. The highest BCUT2D eigenvalue weighted by Gasteiger charge is 2.19. The Morgan fingerprint density at radius 3 is 2.41 bits per heavy atom. The van der Waals surface area contributed by atoms with Gasteiger partial charge in [-0.3, -0.25) is 18.5 Å². The summed E-state index contributed by atoms with van der Waals surface area (Å²) in [6, 6.07) is 13.2. The summed E-state index contributed by atoms with van der Waals surface area (Å²) >= 11 is 0. The standard InChI is InChI=1S/C22H21FN6O3/c1-27-19-18(20(30)28(2)22(27)31)29(13-15-4-8-16(23)9-5-15)21(25-19)26-24-12-14-6-10-17(32-3)11-7-14/h4-12H,13H2,1-3H3,(H,25,26). The average molecular weight is 436 g/mol. The molecule has 0 bridgehead atoms. The number of hydrogen-bond donors (Lipinski definition) is 1. The molecule has 0 fully saturated rings. The lowest BCUT2D eigenvalue weighted by atomic mass is 10.2. The molecule has 9 nitrogen and oxygen atoms in total. The minimum atomic E-state index is -0.484. The van der Waals surface area contributed by atoms with E-state index in [-0.39, 0.29) is 29.5 Å². The van der Waals surface area contributed by atoms with Gasteiger partial charge in [-0.25, -0.2) is 14.6 Å². The number of imidazole rings is 1. The van der Waals surface area contributed by atoms with Crippen molar-refractivity contribution < 1.29 is 9.13 Å². The first-order valence-electron chi connectivity index (χ1n) is 9.73. The molecular weight excluding hydrogens is 415 g/mol. The summed E-state index contributed by atoms with van der Waals surface area (Å²) < 4.78 is 22.4. The van der Waals surface area contributed by atoms with Gasteiger partial charge in [0.15, 0.2) is 11.2 Å². The van der Waals surface area contributed by atoms with E-state index in [0.717, 1.165) is 21.4 Å². The average Bonchev–Trinajstić information content (AvgIpc) is 3.16. The molecule has 0 aliphatic heterocycles. The number of ether oxygens (including phenoxy) is 1. The summed E-state index contributed by atoms with van der Waals surface area (Å²) in [5.74, 6) is 0.644. The predicted molar refractivity (Wildman–Crippen MR) is 120 cm³/mol. The molecule has 4 aromatic rings. The zero-order valence-corrected chi connectivity index (χ0v) is 17.7. The highest BCUT2D eigenvalue weighted by atomic mass is 19.1. The molecule has 0 saturated carbocycles. The van der Waals surface area contributed by atoms with Gasteiger partial charge in [0.05, 0.1) is 19.9 Å². The van der Waals surface area contributed by atoms with Crippen molar-refractivity contribution in [1.82, 2.24) is 18.7 Å². The third-order valence-electron chi connectivity index (χ3n) is 5.10. The van der Waals surface area contributed by atoms with Crippen LogP contribution in [0.4, 0.5) is 10.3 Å². The molecular formula is C22H21FN6O3. The number of rotatable bonds is 6. The molecule has 0 spiro atoms. The molecule has 0 amide bonds. The number of aromatic nitrogens is 4. The number of anilines is 1. The van der Waals surface area contributed by atoms with E-state index < -0.39 is 11.2 Å². The van der Waals surface area contributed by atoms with Gasteiger partial charge in [-0.15, -0.1) is 0 Å². The van der Waals surface area contributed by atoms with Crippen molar-refractivity contribution in [3.63, 3.8) is 0 Å². The monoisotopic (exact) mass is 436 g/mol. The molecule has 2 aromatic carbocycles. The molecule has 0 aliphatic rings. The van der Waals surface area contributed by atoms with Crippen LogP contribution in [-0.4, -0.2) is 32.0 Å². The van der Waals surface area contributed by atoms with Crippen molar-refractivity contribution >= 4 is 23.3 Å². The van der Waals surface area contributed by atoms with Gasteiger partial charge in [-0.2, -0.15) is 10.1 Å². The van der Waals surface area contributed by atoms with Gasteiger partial charge >= 0.3 is 5.69 Å². The molecule has 32 heavy (non-hydrogen) atoms. The summed E-state index contributed by atoms with van der Waals surface area (Å²) in [4.78, 5) is 29.7. The summed E-state index contributed by atoms with van der Waals surface area (Å²) in [5.41, 5.74) is 3.93. The Bertz CT molecular complexity index is 1420. The number of hydrazone groups is 1. The number of hydrogen-bond acceptors (Lipinski definition) is 6. The van der Waals surface area contributed by atoms with Crippen LogP contribution in [0, 0.1) is 5.82 Å². The number of methoxy groups -OCH3 is 1. The topological polar surface area (TPSA) is 95.4 Å². The minimum absolute atomic E-state index is 0.224. The van der Waals surface area contributed by atoms with E-state index in [1.54, 1.807) is 37.1 Å². The van der Waals surface area contributed by atoms with Crippen LogP contribution in [0.1, 0.15) is 11.1 Å². The van der Waals surface area contributed by atoms with E-state index in [4.69, 9.17) is 4.74 Å². The maximum atomic E-state index is 13.3. The quantitative estimate of drug-likeness (QED) is 0.369. The van der Waals surface area contributed by atoms with Gasteiger partial charge in [-0.1, -0.05) is 12.1 Å². The lowest BCUT2D eigenvalue weighted by Crippen LogP contribution is -2.37. The lowest BCUT2D eigenvalue weighted by molar-refractivity contribution is 0.415. The second kappa shape index (κ2) is 8.50. The smallest absolute Gasteiger partial charge is 0.332 e. The van der Waals surface area contributed by atoms with Crippen LogP contribution in [0.2, 0.25) is 0 Å². The second-order valence-electron chi connectivity index (χ2n) is 7.17. The highest BCUT2D eigenvalue weighted by Crippen LogP contribution is 2.18. The van der Waals surface area contributed by atoms with Gasteiger partial charge < -0.3 is 4.74 Å². The Kier molecular flexibility index (Phi) is 5.59. The van der Waals surface area contributed by atoms with Crippen LogP contribution < -0.4 is 21.4 Å². The van der Waals surface area contributed by atoms with Crippen molar-refractivity contribution in [1.29, 1.82) is 0 Å². The Morgan fingerprint density at radius 1 is 1.06 bits per heavy atom. The van der Waals surface area contributed by atoms with Crippen LogP contribution in [0.5, 0.6) is 5.75 Å². The fourth-order valence-corrected chi connectivity index (χ4v) is 3.31. The van der Waals surface area contributed by atoms with Crippen LogP contribution in [-0.2, 0) is 20.6 Å². The molecule has 0 unspecified atom stereocenters. The molecule has 0 aliphatic carbocycles. The van der Waals surface area contributed by atoms with E-state index in [1.807, 2.05) is 24.3 Å². The number of halogens is 1. The summed E-state index contributed by atoms with van der Waals surface area (Å²) in [5, 5.41) is 4.23. The van der Waals surface area contributed by atoms with Crippen LogP contribution >= 0.6 is 0 Å². The lowest BCUT2D eigenvalue weighted by Gasteiger charge is -2.09. The predicted octanol–water partition coefficient (Wildman–Crippen LogP) is 2.08. The van der Waals surface area contributed by atoms with Crippen molar-refractivity contribution in [2.75, 3.05) is 12.5 Å². The fraction of sp³-hybridized carbons (Fsp3) is 0.182. The normalized spacial score (nSPS) is 11.4. The van der Waals surface area contributed by atoms with Crippen molar-refractivity contribution in [2.45, 2.75) is 6.54 Å². The summed E-state index contributed by atoms with van der Waals surface area (Å²) in [6.07, 6.45) is 1.60. The molecule has 2 aromatic heterocycles. The number of aryl methyl sites for hydroxylation is 1. The Morgan fingerprint density at radius 2 is 1.75 bits per heavy atom. The minimum Gasteiger partial charge on any atom is -0.497 e.